The van der Waals surface area contributed by atoms with Gasteiger partial charge in [-0.15, -0.1) is 0 Å². The fourth-order valence-electron chi connectivity index (χ4n) is 3.47. The van der Waals surface area contributed by atoms with E-state index in [0.717, 1.165) is 9.13 Å². The Morgan fingerprint density at radius 1 is 1.23 bits per heavy atom. The second-order valence-electron chi connectivity index (χ2n) is 6.95. The second-order valence-corrected chi connectivity index (χ2v) is 9.20. The first-order valence-electron chi connectivity index (χ1n) is 9.63. The highest BCUT2D eigenvalue weighted by Gasteiger charge is 2.33. The third kappa shape index (κ3) is 4.22. The molecular formula is C23H19IN2O4S. The molecule has 1 N–H and O–H groups in total. The SMILES string of the molecule is CCOC(=O)C1=C(C)N=c2sc(=Cc3ccc(I)cc3)c(=O)n2[C@H]1c1ccc(O)cc1. The predicted octanol–water partition coefficient (Wildman–Crippen LogP) is 3.11. The Morgan fingerprint density at radius 2 is 1.90 bits per heavy atom. The van der Waals surface area contributed by atoms with Crippen molar-refractivity contribution < 1.29 is 14.6 Å². The van der Waals surface area contributed by atoms with E-state index in [0.29, 0.717) is 26.2 Å². The molecule has 0 bridgehead atoms. The number of benzene rings is 2. The highest BCUT2D eigenvalue weighted by atomic mass is 127. The quantitative estimate of drug-likeness (QED) is 0.403. The van der Waals surface area contributed by atoms with Gasteiger partial charge in [0, 0.05) is 3.57 Å². The van der Waals surface area contributed by atoms with E-state index in [1.807, 2.05) is 30.3 Å². The van der Waals surface area contributed by atoms with Crippen molar-refractivity contribution in [3.05, 3.63) is 94.2 Å². The molecule has 0 unspecified atom stereocenters. The molecular weight excluding hydrogens is 527 g/mol. The number of allylic oxidation sites excluding steroid dienone is 1. The van der Waals surface area contributed by atoms with E-state index in [2.05, 4.69) is 27.6 Å². The summed E-state index contributed by atoms with van der Waals surface area (Å²) in [6.45, 7) is 3.70. The summed E-state index contributed by atoms with van der Waals surface area (Å²) < 4.78 is 8.44. The van der Waals surface area contributed by atoms with Crippen molar-refractivity contribution in [1.82, 2.24) is 4.57 Å². The molecule has 0 spiro atoms. The standard InChI is InChI=1S/C23H19IN2O4S/c1-3-30-22(29)19-13(2)25-23-26(20(19)15-6-10-17(27)11-7-15)21(28)18(31-23)12-14-4-8-16(24)9-5-14/h4-12,20,27H,3H2,1-2H3/t20-/m0/s1. The van der Waals surface area contributed by atoms with Crippen molar-refractivity contribution in [3.8, 4) is 5.75 Å². The Morgan fingerprint density at radius 3 is 2.55 bits per heavy atom. The van der Waals surface area contributed by atoms with Crippen LogP contribution in [0.1, 0.15) is 31.0 Å². The van der Waals surface area contributed by atoms with Crippen molar-refractivity contribution in [3.63, 3.8) is 0 Å². The Kier molecular flexibility index (Phi) is 6.10. The Hall–Kier alpha value is -2.72. The molecule has 31 heavy (non-hydrogen) atoms. The summed E-state index contributed by atoms with van der Waals surface area (Å²) in [7, 11) is 0. The summed E-state index contributed by atoms with van der Waals surface area (Å²) in [6, 6.07) is 13.7. The number of fused-ring (bicyclic) bond motifs is 1. The van der Waals surface area contributed by atoms with Crippen LogP contribution in [0.3, 0.4) is 0 Å². The molecule has 3 aromatic rings. The van der Waals surface area contributed by atoms with Gasteiger partial charge in [0.05, 0.1) is 28.5 Å². The maximum Gasteiger partial charge on any atom is 0.338 e. The lowest BCUT2D eigenvalue weighted by atomic mass is 9.96. The van der Waals surface area contributed by atoms with Crippen LogP contribution in [0.25, 0.3) is 6.08 Å². The van der Waals surface area contributed by atoms with E-state index >= 15 is 0 Å². The molecule has 0 aliphatic carbocycles. The van der Waals surface area contributed by atoms with Crippen molar-refractivity contribution >= 4 is 46.0 Å². The van der Waals surface area contributed by atoms with Crippen molar-refractivity contribution in [2.45, 2.75) is 19.9 Å². The van der Waals surface area contributed by atoms with Gasteiger partial charge in [-0.2, -0.15) is 0 Å². The summed E-state index contributed by atoms with van der Waals surface area (Å²) in [5.41, 5.74) is 2.21. The topological polar surface area (TPSA) is 80.9 Å². The maximum atomic E-state index is 13.4. The van der Waals surface area contributed by atoms with E-state index in [1.54, 1.807) is 26.0 Å². The van der Waals surface area contributed by atoms with Gasteiger partial charge in [0.2, 0.25) is 0 Å². The van der Waals surface area contributed by atoms with Crippen LogP contribution in [0.2, 0.25) is 0 Å². The van der Waals surface area contributed by atoms with E-state index in [9.17, 15) is 14.7 Å². The van der Waals surface area contributed by atoms with Crippen molar-refractivity contribution in [2.75, 3.05) is 6.61 Å². The van der Waals surface area contributed by atoms with Crippen LogP contribution >= 0.6 is 33.9 Å². The van der Waals surface area contributed by atoms with Gasteiger partial charge in [0.1, 0.15) is 5.75 Å². The van der Waals surface area contributed by atoms with Crippen LogP contribution in [-0.4, -0.2) is 22.2 Å². The minimum Gasteiger partial charge on any atom is -0.508 e. The number of halogens is 1. The lowest BCUT2D eigenvalue weighted by Crippen LogP contribution is -2.39. The number of carbonyl (C=O) groups is 1. The summed E-state index contributed by atoms with van der Waals surface area (Å²) in [5.74, 6) is -0.401. The smallest absolute Gasteiger partial charge is 0.338 e. The third-order valence-electron chi connectivity index (χ3n) is 4.89. The number of nitrogens with zero attached hydrogens (tertiary/aromatic N) is 2. The first-order valence-corrected chi connectivity index (χ1v) is 11.5. The molecule has 0 saturated heterocycles. The molecule has 2 heterocycles. The summed E-state index contributed by atoms with van der Waals surface area (Å²) >= 11 is 3.52. The molecule has 4 rings (SSSR count). The number of aromatic hydroxyl groups is 1. The van der Waals surface area contributed by atoms with Crippen LogP contribution in [0.4, 0.5) is 0 Å². The number of rotatable bonds is 4. The van der Waals surface area contributed by atoms with Crippen LogP contribution in [0.15, 0.2) is 69.6 Å². The van der Waals surface area contributed by atoms with Crippen molar-refractivity contribution in [2.24, 2.45) is 4.99 Å². The van der Waals surface area contributed by atoms with E-state index in [1.165, 1.54) is 28.0 Å². The summed E-state index contributed by atoms with van der Waals surface area (Å²) in [5, 5.41) is 9.71. The first kappa shape index (κ1) is 21.5. The number of ether oxygens (including phenoxy) is 1. The Balaban J connectivity index is 1.94. The molecule has 1 aliphatic rings. The number of hydrogen-bond acceptors (Lipinski definition) is 6. The second kappa shape index (κ2) is 8.80. The fraction of sp³-hybridized carbons (Fsp3) is 0.174. The molecule has 1 aliphatic heterocycles. The molecule has 0 saturated carbocycles. The zero-order valence-electron chi connectivity index (χ0n) is 16.8. The molecule has 1 aromatic heterocycles. The summed E-state index contributed by atoms with van der Waals surface area (Å²) in [6.07, 6.45) is 1.83. The molecule has 0 fully saturated rings. The number of phenolic OH excluding ortho intramolecular Hbond substituents is 1. The largest absolute Gasteiger partial charge is 0.508 e. The minimum atomic E-state index is -0.685. The van der Waals surface area contributed by atoms with E-state index in [4.69, 9.17) is 4.74 Å². The van der Waals surface area contributed by atoms with Gasteiger partial charge in [0.15, 0.2) is 4.80 Å². The predicted molar refractivity (Wildman–Crippen MR) is 128 cm³/mol. The van der Waals surface area contributed by atoms with Gasteiger partial charge in [-0.1, -0.05) is 35.6 Å². The third-order valence-corrected chi connectivity index (χ3v) is 6.60. The van der Waals surface area contributed by atoms with Crippen LogP contribution < -0.4 is 14.9 Å². The van der Waals surface area contributed by atoms with Crippen LogP contribution in [0, 0.1) is 3.57 Å². The average molecular weight is 546 g/mol. The number of esters is 1. The zero-order chi connectivity index (χ0) is 22.1. The molecule has 158 valence electrons. The average Bonchev–Trinajstić information content (AvgIpc) is 3.04. The number of phenols is 1. The molecule has 6 nitrogen and oxygen atoms in total. The molecule has 2 aromatic carbocycles. The number of carbonyl (C=O) groups excluding carboxylic acids is 1. The minimum absolute atomic E-state index is 0.105. The Labute approximate surface area is 196 Å². The lowest BCUT2D eigenvalue weighted by Gasteiger charge is -2.24. The summed E-state index contributed by atoms with van der Waals surface area (Å²) in [4.78, 5) is 31.3. The van der Waals surface area contributed by atoms with Crippen LogP contribution in [-0.2, 0) is 9.53 Å². The van der Waals surface area contributed by atoms with Gasteiger partial charge in [-0.3, -0.25) is 9.36 Å². The lowest BCUT2D eigenvalue weighted by molar-refractivity contribution is -0.139. The normalized spacial score (nSPS) is 16.1. The first-order chi connectivity index (χ1) is 14.9. The highest BCUT2D eigenvalue weighted by Crippen LogP contribution is 2.31. The maximum absolute atomic E-state index is 13.4. The van der Waals surface area contributed by atoms with Gasteiger partial charge >= 0.3 is 5.97 Å². The van der Waals surface area contributed by atoms with Gasteiger partial charge < -0.3 is 9.84 Å². The zero-order valence-corrected chi connectivity index (χ0v) is 19.8. The number of hydrogen-bond donors (Lipinski definition) is 1. The van der Waals surface area contributed by atoms with Gasteiger partial charge in [0.25, 0.3) is 5.56 Å². The highest BCUT2D eigenvalue weighted by molar-refractivity contribution is 14.1. The molecule has 1 atom stereocenters. The monoisotopic (exact) mass is 546 g/mol. The number of aromatic nitrogens is 1. The van der Waals surface area contributed by atoms with Gasteiger partial charge in [-0.25, -0.2) is 9.79 Å². The number of thiazole rings is 1. The Bertz CT molecular complexity index is 1350. The van der Waals surface area contributed by atoms with E-state index < -0.39 is 12.0 Å². The van der Waals surface area contributed by atoms with Crippen molar-refractivity contribution in [1.29, 1.82) is 0 Å². The molecule has 0 radical (unpaired) electrons. The van der Waals surface area contributed by atoms with E-state index in [-0.39, 0.29) is 17.9 Å². The fourth-order valence-corrected chi connectivity index (χ4v) is 4.88. The molecule has 8 heteroatoms. The molecule has 0 amide bonds. The van der Waals surface area contributed by atoms with Crippen LogP contribution in [0.5, 0.6) is 5.75 Å². The van der Waals surface area contributed by atoms with Gasteiger partial charge in [-0.05, 0) is 77.9 Å².